The van der Waals surface area contributed by atoms with Crippen LogP contribution in [0.4, 0.5) is 0 Å². The first kappa shape index (κ1) is 29.6. The second kappa shape index (κ2) is 11.7. The average Bonchev–Trinajstić information content (AvgIpc) is 3.77. The highest BCUT2D eigenvalue weighted by atomic mass is 32.1. The Labute approximate surface area is 309 Å². The zero-order valence-electron chi connectivity index (χ0n) is 28.1. The van der Waals surface area contributed by atoms with E-state index in [0.29, 0.717) is 0 Å². The summed E-state index contributed by atoms with van der Waals surface area (Å²) in [5.41, 5.74) is 9.01. The van der Waals surface area contributed by atoms with Crippen molar-refractivity contribution in [3.63, 3.8) is 0 Å². The third kappa shape index (κ3) is 4.52. The second-order valence-electron chi connectivity index (χ2n) is 13.6. The van der Waals surface area contributed by atoms with Crippen LogP contribution in [0.15, 0.2) is 182 Å². The predicted octanol–water partition coefficient (Wildman–Crippen LogP) is 15.4. The fraction of sp³-hybridized carbons (Fsp3) is 0. The van der Waals surface area contributed by atoms with Gasteiger partial charge in [0.2, 0.25) is 0 Å². The summed E-state index contributed by atoms with van der Waals surface area (Å²) in [5, 5.41) is 11.6. The van der Waals surface area contributed by atoms with Crippen LogP contribution in [0.1, 0.15) is 0 Å². The van der Waals surface area contributed by atoms with E-state index in [0.717, 1.165) is 0 Å². The fourth-order valence-corrected chi connectivity index (χ4v) is 10.9. The minimum Gasteiger partial charge on any atom is -0.134 e. The highest BCUT2D eigenvalue weighted by molar-refractivity contribution is 7.27. The van der Waals surface area contributed by atoms with E-state index in [2.05, 4.69) is 182 Å². The Morgan fingerprint density at radius 1 is 0.288 bits per heavy atom. The maximum Gasteiger partial charge on any atom is 0.0434 e. The largest absolute Gasteiger partial charge is 0.134 e. The highest BCUT2D eigenvalue weighted by Crippen LogP contribution is 2.51. The van der Waals surface area contributed by atoms with E-state index in [1.165, 1.54) is 106 Å². The van der Waals surface area contributed by atoms with Crippen LogP contribution in [0.2, 0.25) is 0 Å². The van der Waals surface area contributed by atoms with Gasteiger partial charge < -0.3 is 0 Å². The standard InChI is InChI=1S/C50H30S2/c1-3-15-32(16-4-1)47-43-29-42-40-24-13-25-41(50(40)52-44(42)30-45(43)51-49(47)33-17-5-2-6-18-33)48-38-22-11-9-20-36(38)46(37-21-10-12-23-39(37)48)35-27-26-31-14-7-8-19-34(31)28-35/h1-30H. The molecule has 0 radical (unpaired) electrons. The number of hydrogen-bond acceptors (Lipinski definition) is 2. The molecule has 242 valence electrons. The van der Waals surface area contributed by atoms with Gasteiger partial charge in [-0.25, -0.2) is 0 Å². The van der Waals surface area contributed by atoms with Crippen molar-refractivity contribution in [2.45, 2.75) is 0 Å². The first-order valence-corrected chi connectivity index (χ1v) is 19.4. The van der Waals surface area contributed by atoms with Crippen LogP contribution in [0, 0.1) is 0 Å². The summed E-state index contributed by atoms with van der Waals surface area (Å²) in [6, 6.07) is 67.2. The van der Waals surface area contributed by atoms with Crippen molar-refractivity contribution in [2.24, 2.45) is 0 Å². The van der Waals surface area contributed by atoms with Crippen molar-refractivity contribution in [3.8, 4) is 43.8 Å². The molecule has 0 unspecified atom stereocenters. The highest BCUT2D eigenvalue weighted by Gasteiger charge is 2.21. The number of benzene rings is 9. The van der Waals surface area contributed by atoms with Crippen molar-refractivity contribution >= 4 is 85.2 Å². The molecule has 0 amide bonds. The van der Waals surface area contributed by atoms with E-state index in [4.69, 9.17) is 0 Å². The smallest absolute Gasteiger partial charge is 0.0434 e. The molecule has 0 atom stereocenters. The Morgan fingerprint density at radius 2 is 0.865 bits per heavy atom. The molecule has 0 nitrogen and oxygen atoms in total. The van der Waals surface area contributed by atoms with E-state index in [-0.39, 0.29) is 0 Å². The molecule has 0 fully saturated rings. The number of hydrogen-bond donors (Lipinski definition) is 0. The van der Waals surface area contributed by atoms with Crippen molar-refractivity contribution in [1.82, 2.24) is 0 Å². The van der Waals surface area contributed by atoms with Crippen LogP contribution < -0.4 is 0 Å². The summed E-state index contributed by atoms with van der Waals surface area (Å²) in [7, 11) is 0. The molecule has 0 bridgehead atoms. The molecule has 52 heavy (non-hydrogen) atoms. The zero-order chi connectivity index (χ0) is 34.2. The lowest BCUT2D eigenvalue weighted by Crippen LogP contribution is -1.91. The summed E-state index contributed by atoms with van der Waals surface area (Å²) >= 11 is 3.84. The van der Waals surface area contributed by atoms with Crippen LogP contribution in [-0.4, -0.2) is 0 Å². The molecule has 9 aromatic carbocycles. The van der Waals surface area contributed by atoms with Gasteiger partial charge in [-0.3, -0.25) is 0 Å². The fourth-order valence-electron chi connectivity index (χ4n) is 8.34. The van der Waals surface area contributed by atoms with E-state index in [1.807, 2.05) is 22.7 Å². The molecule has 0 N–H and O–H groups in total. The number of thiophene rings is 2. The van der Waals surface area contributed by atoms with Gasteiger partial charge in [-0.05, 0) is 78.3 Å². The van der Waals surface area contributed by atoms with Gasteiger partial charge in [0.1, 0.15) is 0 Å². The summed E-state index contributed by atoms with van der Waals surface area (Å²) in [6.45, 7) is 0. The minimum absolute atomic E-state index is 1.25. The Bertz CT molecular complexity index is 3110. The van der Waals surface area contributed by atoms with Crippen molar-refractivity contribution in [2.75, 3.05) is 0 Å². The third-order valence-electron chi connectivity index (χ3n) is 10.6. The van der Waals surface area contributed by atoms with Gasteiger partial charge in [0.25, 0.3) is 0 Å². The lowest BCUT2D eigenvalue weighted by molar-refractivity contribution is 1.66. The van der Waals surface area contributed by atoms with E-state index >= 15 is 0 Å². The normalized spacial score (nSPS) is 11.8. The molecule has 0 aliphatic rings. The SMILES string of the molecule is c1ccc(-c2sc3cc4sc5c(-c6c7ccccc7c(-c7ccc8ccccc8c7)c7ccccc67)cccc5c4cc3c2-c2ccccc2)cc1. The quantitative estimate of drug-likeness (QED) is 0.161. The molecule has 2 heterocycles. The topological polar surface area (TPSA) is 0 Å². The van der Waals surface area contributed by atoms with Gasteiger partial charge >= 0.3 is 0 Å². The molecular weight excluding hydrogens is 665 g/mol. The summed E-state index contributed by atoms with van der Waals surface area (Å²) in [4.78, 5) is 1.33. The Hall–Kier alpha value is -6.06. The van der Waals surface area contributed by atoms with Crippen molar-refractivity contribution in [3.05, 3.63) is 182 Å². The predicted molar refractivity (Wildman–Crippen MR) is 229 cm³/mol. The van der Waals surface area contributed by atoms with Crippen LogP contribution in [0.5, 0.6) is 0 Å². The second-order valence-corrected chi connectivity index (χ2v) is 15.7. The van der Waals surface area contributed by atoms with E-state index < -0.39 is 0 Å². The first-order valence-electron chi connectivity index (χ1n) is 17.8. The first-order chi connectivity index (χ1) is 25.8. The lowest BCUT2D eigenvalue weighted by atomic mass is 9.85. The molecular formula is C50H30S2. The lowest BCUT2D eigenvalue weighted by Gasteiger charge is -2.18. The average molecular weight is 695 g/mol. The minimum atomic E-state index is 1.25. The zero-order valence-corrected chi connectivity index (χ0v) is 29.8. The van der Waals surface area contributed by atoms with Crippen LogP contribution in [-0.2, 0) is 0 Å². The third-order valence-corrected chi connectivity index (χ3v) is 13.0. The van der Waals surface area contributed by atoms with Crippen molar-refractivity contribution in [1.29, 1.82) is 0 Å². The molecule has 2 aromatic heterocycles. The molecule has 0 aliphatic heterocycles. The molecule has 0 saturated carbocycles. The molecule has 0 aliphatic carbocycles. The Kier molecular flexibility index (Phi) is 6.70. The van der Waals surface area contributed by atoms with Gasteiger partial charge in [0, 0.05) is 46.3 Å². The molecule has 11 aromatic rings. The maximum absolute atomic E-state index is 2.47. The van der Waals surface area contributed by atoms with Gasteiger partial charge in [0.15, 0.2) is 0 Å². The van der Waals surface area contributed by atoms with Gasteiger partial charge in [-0.2, -0.15) is 0 Å². The van der Waals surface area contributed by atoms with E-state index in [1.54, 1.807) is 0 Å². The van der Waals surface area contributed by atoms with Crippen LogP contribution in [0.25, 0.3) is 106 Å². The number of rotatable bonds is 4. The molecule has 0 spiro atoms. The molecule has 0 saturated heterocycles. The van der Waals surface area contributed by atoms with E-state index in [9.17, 15) is 0 Å². The van der Waals surface area contributed by atoms with Gasteiger partial charge in [-0.1, -0.05) is 164 Å². The van der Waals surface area contributed by atoms with Crippen LogP contribution >= 0.6 is 22.7 Å². The monoisotopic (exact) mass is 694 g/mol. The van der Waals surface area contributed by atoms with Gasteiger partial charge in [-0.15, -0.1) is 22.7 Å². The van der Waals surface area contributed by atoms with Crippen molar-refractivity contribution < 1.29 is 0 Å². The molecule has 2 heteroatoms. The summed E-state index contributed by atoms with van der Waals surface area (Å²) in [5.74, 6) is 0. The summed E-state index contributed by atoms with van der Waals surface area (Å²) < 4.78 is 4.00. The van der Waals surface area contributed by atoms with Crippen LogP contribution in [0.3, 0.4) is 0 Å². The van der Waals surface area contributed by atoms with Gasteiger partial charge in [0.05, 0.1) is 0 Å². The Morgan fingerprint density at radius 3 is 1.58 bits per heavy atom. The Balaban J connectivity index is 1.19. The summed E-state index contributed by atoms with van der Waals surface area (Å²) in [6.07, 6.45) is 0. The maximum atomic E-state index is 2.47. The number of fused-ring (bicyclic) bond motifs is 7. The molecule has 11 rings (SSSR count).